The van der Waals surface area contributed by atoms with Crippen molar-refractivity contribution < 1.29 is 57.3 Å². The van der Waals surface area contributed by atoms with Crippen LogP contribution < -0.4 is 37.0 Å². The van der Waals surface area contributed by atoms with Gasteiger partial charge in [-0.25, -0.2) is 19.1 Å². The predicted octanol–water partition coefficient (Wildman–Crippen LogP) is 1.96. The van der Waals surface area contributed by atoms with Crippen molar-refractivity contribution >= 4 is 63.9 Å². The highest BCUT2D eigenvalue weighted by atomic mass is 19.1. The van der Waals surface area contributed by atoms with Gasteiger partial charge in [0.2, 0.25) is 29.5 Å². The first-order valence-electron chi connectivity index (χ1n) is 24.8. The number of anilines is 1. The number of hydrogen-bond donors (Lipinski definition) is 6. The quantitative estimate of drug-likeness (QED) is 0.0294. The van der Waals surface area contributed by atoms with Crippen molar-refractivity contribution in [2.75, 3.05) is 37.9 Å². The predicted molar refractivity (Wildman–Crippen MR) is 271 cm³/mol. The highest BCUT2D eigenvalue weighted by Gasteiger charge is 2.47. The van der Waals surface area contributed by atoms with E-state index in [2.05, 4.69) is 26.6 Å². The maximum atomic E-state index is 15.5. The summed E-state index contributed by atoms with van der Waals surface area (Å²) in [5, 5.41) is 24.9. The topological polar surface area (TPSA) is 274 Å². The number of aryl methyl sites for hydroxylation is 2. The number of carbonyl (C=O) groups is 8. The summed E-state index contributed by atoms with van der Waals surface area (Å²) >= 11 is 0. The molecule has 0 bridgehead atoms. The Morgan fingerprint density at radius 3 is 2.25 bits per heavy atom. The van der Waals surface area contributed by atoms with Crippen molar-refractivity contribution in [1.29, 1.82) is 0 Å². The third-order valence-corrected chi connectivity index (χ3v) is 14.5. The molecule has 6 N–H and O–H groups in total. The van der Waals surface area contributed by atoms with Crippen molar-refractivity contribution in [3.63, 3.8) is 0 Å². The lowest BCUT2D eigenvalue weighted by atomic mass is 9.69. The van der Waals surface area contributed by atoms with Crippen molar-refractivity contribution in [3.05, 3.63) is 140 Å². The molecule has 5 aromatic rings. The summed E-state index contributed by atoms with van der Waals surface area (Å²) in [6.07, 6.45) is 3.75. The SMILES string of the molecule is CC[C@@]1(O)C(=O)OCc2c1cc1n(c2=O)Cc2c-1nc1cc(F)c(C)c3c1c2[C@](C)(COCNC(=O)CNC(=O)[C@H](Cc1ccccc1)NC(=O)CNC(=O)CNC(=O)CCc1ccc(N2C(=O)C=CC2=O)cc1)CC3. The number of esters is 1. The Kier molecular flexibility index (Phi) is 14.8. The van der Waals surface area contributed by atoms with Crippen LogP contribution >= 0.6 is 0 Å². The zero-order valence-corrected chi connectivity index (χ0v) is 41.9. The van der Waals surface area contributed by atoms with Gasteiger partial charge in [-0.15, -0.1) is 0 Å². The average molecular weight is 1040 g/mol. The van der Waals surface area contributed by atoms with Crippen molar-refractivity contribution in [2.45, 2.75) is 89.5 Å². The van der Waals surface area contributed by atoms with Crippen molar-refractivity contribution in [2.24, 2.45) is 0 Å². The number of carbonyl (C=O) groups excluding carboxylic acids is 8. The van der Waals surface area contributed by atoms with Gasteiger partial charge in [-0.1, -0.05) is 56.3 Å². The number of ether oxygens (including phenoxy) is 2. The number of hydrogen-bond acceptors (Lipinski definition) is 13. The number of fused-ring (bicyclic) bond motifs is 5. The zero-order chi connectivity index (χ0) is 54.1. The monoisotopic (exact) mass is 1040 g/mol. The van der Waals surface area contributed by atoms with Crippen LogP contribution in [0.25, 0.3) is 22.3 Å². The summed E-state index contributed by atoms with van der Waals surface area (Å²) in [6.45, 7) is 3.57. The Hall–Kier alpha value is -8.43. The molecular weight excluding hydrogens is 984 g/mol. The molecule has 9 rings (SSSR count). The first-order valence-corrected chi connectivity index (χ1v) is 24.8. The van der Waals surface area contributed by atoms with E-state index in [9.17, 15) is 48.3 Å². The van der Waals surface area contributed by atoms with Crippen LogP contribution in [0.5, 0.6) is 0 Å². The van der Waals surface area contributed by atoms with E-state index in [1.54, 1.807) is 74.5 Å². The van der Waals surface area contributed by atoms with Crippen LogP contribution in [0.3, 0.4) is 0 Å². The minimum absolute atomic E-state index is 0.0303. The Bertz CT molecular complexity index is 3320. The molecule has 1 aliphatic carbocycles. The molecule has 20 nitrogen and oxygen atoms in total. The van der Waals surface area contributed by atoms with Crippen LogP contribution in [-0.2, 0) is 91.3 Å². The van der Waals surface area contributed by atoms with E-state index in [0.717, 1.165) is 32.5 Å². The van der Waals surface area contributed by atoms with Crippen molar-refractivity contribution in [1.82, 2.24) is 36.1 Å². The van der Waals surface area contributed by atoms with Gasteiger partial charge in [-0.3, -0.25) is 38.4 Å². The molecule has 2 aromatic heterocycles. The first kappa shape index (κ1) is 52.4. The molecule has 394 valence electrons. The number of nitrogens with zero attached hydrogens (tertiary/aromatic N) is 3. The van der Waals surface area contributed by atoms with Gasteiger partial charge < -0.3 is 45.7 Å². The molecule has 0 unspecified atom stereocenters. The minimum Gasteiger partial charge on any atom is -0.458 e. The molecule has 0 radical (unpaired) electrons. The summed E-state index contributed by atoms with van der Waals surface area (Å²) < 4.78 is 28.4. The number of aromatic nitrogens is 2. The summed E-state index contributed by atoms with van der Waals surface area (Å²) in [5.74, 6) is -5.22. The van der Waals surface area contributed by atoms with Crippen LogP contribution in [0.2, 0.25) is 0 Å². The molecule has 3 aromatic carbocycles. The second-order valence-corrected chi connectivity index (χ2v) is 19.5. The summed E-state index contributed by atoms with van der Waals surface area (Å²) in [7, 11) is 0. The molecule has 4 aliphatic rings. The van der Waals surface area contributed by atoms with Gasteiger partial charge in [0.15, 0.2) is 5.60 Å². The van der Waals surface area contributed by atoms with Crippen LogP contribution in [0.4, 0.5) is 10.1 Å². The number of amides is 7. The standard InChI is InChI=1S/C55H55FN8O12/c1-4-55(74)37-21-41-50-35(26-63(41)52(72)36(37)27-76-53(55)73)49-48-34(30(2)38(56)22-39(48)62-50)18-19-54(49,3)28-75-29-60-44(67)24-59-51(71)40(20-32-8-6-5-7-9-32)61-45(68)25-58-43(66)23-57-42(65)15-12-31-10-13-33(14-11-31)64-46(69)16-17-47(64)70/h5-11,13-14,16-17,21-22,40,74H,4,12,15,18-20,23-29H2,1-3H3,(H,57,65)(H,58,66)(H,59,71)(H,60,67)(H,61,68)/t40-,54-,55-/m0/s1. The van der Waals surface area contributed by atoms with Crippen LogP contribution in [-0.4, -0.2) is 101 Å². The lowest BCUT2D eigenvalue weighted by Crippen LogP contribution is -2.52. The number of pyridine rings is 2. The molecule has 0 spiro atoms. The van der Waals surface area contributed by atoms with Gasteiger partial charge in [0.05, 0.1) is 60.9 Å². The highest BCUT2D eigenvalue weighted by molar-refractivity contribution is 6.28. The van der Waals surface area contributed by atoms with Gasteiger partial charge >= 0.3 is 5.97 Å². The van der Waals surface area contributed by atoms with E-state index in [0.29, 0.717) is 53.0 Å². The van der Waals surface area contributed by atoms with E-state index in [-0.39, 0.29) is 56.9 Å². The summed E-state index contributed by atoms with van der Waals surface area (Å²) in [6, 6.07) is 17.3. The molecular formula is C55H55FN8O12. The van der Waals surface area contributed by atoms with E-state index in [1.807, 2.05) is 6.92 Å². The Labute approximate surface area is 434 Å². The fraction of sp³-hybridized carbons (Fsp3) is 0.345. The number of nitrogens with one attached hydrogen (secondary N) is 5. The number of aliphatic hydroxyl groups is 1. The van der Waals surface area contributed by atoms with Crippen LogP contribution in [0, 0.1) is 12.7 Å². The van der Waals surface area contributed by atoms with Gasteiger partial charge in [-0.05, 0) is 78.6 Å². The van der Waals surface area contributed by atoms with E-state index >= 15 is 4.39 Å². The number of halogens is 1. The van der Waals surface area contributed by atoms with E-state index in [4.69, 9.17) is 14.5 Å². The molecule has 0 saturated carbocycles. The highest BCUT2D eigenvalue weighted by Crippen LogP contribution is 2.49. The normalized spacial score (nSPS) is 18.3. The molecule has 0 fully saturated rings. The van der Waals surface area contributed by atoms with Crippen LogP contribution in [0.1, 0.15) is 77.6 Å². The Morgan fingerprint density at radius 2 is 1.53 bits per heavy atom. The fourth-order valence-corrected chi connectivity index (χ4v) is 10.3. The van der Waals surface area contributed by atoms with Crippen LogP contribution in [0.15, 0.2) is 83.7 Å². The lowest BCUT2D eigenvalue weighted by molar-refractivity contribution is -0.172. The molecule has 7 amide bonds. The second-order valence-electron chi connectivity index (χ2n) is 19.5. The zero-order valence-electron chi connectivity index (χ0n) is 41.9. The summed E-state index contributed by atoms with van der Waals surface area (Å²) in [5.41, 5.74) is 3.00. The Balaban J connectivity index is 0.777. The van der Waals surface area contributed by atoms with E-state index in [1.165, 1.54) is 22.8 Å². The average Bonchev–Trinajstić information content (AvgIpc) is 3.96. The minimum atomic E-state index is -2.03. The first-order chi connectivity index (χ1) is 36.4. The largest absolute Gasteiger partial charge is 0.458 e. The van der Waals surface area contributed by atoms with Gasteiger partial charge in [0.1, 0.15) is 25.2 Å². The molecule has 76 heavy (non-hydrogen) atoms. The number of imide groups is 1. The maximum Gasteiger partial charge on any atom is 0.343 e. The number of rotatable bonds is 19. The molecule has 3 atom stereocenters. The molecule has 5 heterocycles. The maximum absolute atomic E-state index is 15.5. The third-order valence-electron chi connectivity index (χ3n) is 14.5. The Morgan fingerprint density at radius 1 is 0.842 bits per heavy atom. The molecule has 3 aliphatic heterocycles. The number of benzene rings is 3. The van der Waals surface area contributed by atoms with E-state index < -0.39 is 95.4 Å². The van der Waals surface area contributed by atoms with Crippen molar-refractivity contribution in [3.8, 4) is 11.4 Å². The second kappa shape index (κ2) is 21.4. The number of cyclic esters (lactones) is 1. The summed E-state index contributed by atoms with van der Waals surface area (Å²) in [4.78, 5) is 122. The molecule has 0 saturated heterocycles. The fourth-order valence-electron chi connectivity index (χ4n) is 10.3. The van der Waals surface area contributed by atoms with Gasteiger partial charge in [0, 0.05) is 53.0 Å². The molecule has 21 heteroatoms. The van der Waals surface area contributed by atoms with Gasteiger partial charge in [0.25, 0.3) is 17.4 Å². The van der Waals surface area contributed by atoms with Gasteiger partial charge in [-0.2, -0.15) is 0 Å². The third kappa shape index (κ3) is 10.3. The smallest absolute Gasteiger partial charge is 0.343 e. The lowest BCUT2D eigenvalue weighted by Gasteiger charge is -2.37.